The Morgan fingerprint density at radius 1 is 1.32 bits per heavy atom. The molecule has 0 amide bonds. The normalized spacial score (nSPS) is 11.5. The molecule has 2 aromatic rings. The molecule has 0 saturated carbocycles. The van der Waals surface area contributed by atoms with E-state index < -0.39 is 0 Å². The van der Waals surface area contributed by atoms with Crippen molar-refractivity contribution >= 4 is 21.9 Å². The molecule has 22 heavy (non-hydrogen) atoms. The lowest BCUT2D eigenvalue weighted by Gasteiger charge is -2.11. The maximum absolute atomic E-state index is 4.61. The Hall–Kier alpha value is -1.82. The van der Waals surface area contributed by atoms with E-state index in [0.29, 0.717) is 6.54 Å². The Bertz CT molecular complexity index is 580. The van der Waals surface area contributed by atoms with Crippen LogP contribution in [-0.2, 0) is 13.1 Å². The Labute approximate surface area is 140 Å². The van der Waals surface area contributed by atoms with Crippen molar-refractivity contribution in [2.24, 2.45) is 4.99 Å². The summed E-state index contributed by atoms with van der Waals surface area (Å²) in [5.74, 6) is 0.850. The summed E-state index contributed by atoms with van der Waals surface area (Å²) >= 11 is 3.48. The van der Waals surface area contributed by atoms with Crippen LogP contribution in [0, 0.1) is 0 Å². The quantitative estimate of drug-likeness (QED) is 0.451. The van der Waals surface area contributed by atoms with Gasteiger partial charge < -0.3 is 10.6 Å². The standard InChI is InChI=1S/C16H22BrN5/c1-2-18-16(19-8-4-10-22-11-5-9-21-22)20-13-14-6-3-7-15(17)12-14/h3,5-7,9,11-12H,2,4,8,10,13H2,1H3,(H2,18,19,20). The average Bonchev–Trinajstić information content (AvgIpc) is 3.02. The van der Waals surface area contributed by atoms with Crippen LogP contribution < -0.4 is 10.6 Å². The van der Waals surface area contributed by atoms with Crippen LogP contribution in [0.5, 0.6) is 0 Å². The molecule has 0 radical (unpaired) electrons. The molecular formula is C16H22BrN5. The van der Waals surface area contributed by atoms with Crippen LogP contribution in [0.1, 0.15) is 18.9 Å². The highest BCUT2D eigenvalue weighted by Gasteiger charge is 1.98. The van der Waals surface area contributed by atoms with Crippen molar-refractivity contribution in [1.82, 2.24) is 20.4 Å². The Balaban J connectivity index is 1.79. The fraction of sp³-hybridized carbons (Fsp3) is 0.375. The molecule has 0 aliphatic rings. The summed E-state index contributed by atoms with van der Waals surface area (Å²) in [4.78, 5) is 4.61. The first-order valence-electron chi connectivity index (χ1n) is 7.52. The zero-order valence-corrected chi connectivity index (χ0v) is 14.4. The number of rotatable bonds is 7. The van der Waals surface area contributed by atoms with Crippen molar-refractivity contribution < 1.29 is 0 Å². The number of benzene rings is 1. The third-order valence-electron chi connectivity index (χ3n) is 3.07. The second kappa shape index (κ2) is 9.25. The maximum atomic E-state index is 4.61. The van der Waals surface area contributed by atoms with Crippen molar-refractivity contribution in [2.45, 2.75) is 26.4 Å². The molecule has 0 aliphatic carbocycles. The Morgan fingerprint density at radius 2 is 2.23 bits per heavy atom. The van der Waals surface area contributed by atoms with Crippen LogP contribution in [0.25, 0.3) is 0 Å². The van der Waals surface area contributed by atoms with Gasteiger partial charge in [0.05, 0.1) is 6.54 Å². The Kier molecular flexibility index (Phi) is 6.96. The van der Waals surface area contributed by atoms with E-state index in [1.807, 2.05) is 29.1 Å². The maximum Gasteiger partial charge on any atom is 0.191 e. The molecular weight excluding hydrogens is 342 g/mol. The van der Waals surface area contributed by atoms with Crippen molar-refractivity contribution in [3.05, 3.63) is 52.8 Å². The van der Waals surface area contributed by atoms with Crippen LogP contribution in [0.3, 0.4) is 0 Å². The molecule has 0 aliphatic heterocycles. The number of guanidine groups is 1. The van der Waals surface area contributed by atoms with Gasteiger partial charge in [0.1, 0.15) is 0 Å². The first kappa shape index (κ1) is 16.5. The van der Waals surface area contributed by atoms with Crippen LogP contribution >= 0.6 is 15.9 Å². The largest absolute Gasteiger partial charge is 0.357 e. The Morgan fingerprint density at radius 3 is 2.95 bits per heavy atom. The summed E-state index contributed by atoms with van der Waals surface area (Å²) in [6.45, 7) is 5.35. The van der Waals surface area contributed by atoms with Crippen molar-refractivity contribution in [3.63, 3.8) is 0 Å². The van der Waals surface area contributed by atoms with E-state index in [0.717, 1.165) is 36.5 Å². The van der Waals surface area contributed by atoms with Crippen molar-refractivity contribution in [2.75, 3.05) is 13.1 Å². The fourth-order valence-corrected chi connectivity index (χ4v) is 2.47. The minimum atomic E-state index is 0.661. The van der Waals surface area contributed by atoms with E-state index >= 15 is 0 Å². The van der Waals surface area contributed by atoms with Gasteiger partial charge in [0.2, 0.25) is 0 Å². The molecule has 1 aromatic carbocycles. The third kappa shape index (κ3) is 5.89. The van der Waals surface area contributed by atoms with Crippen LogP contribution in [-0.4, -0.2) is 28.8 Å². The molecule has 0 spiro atoms. The van der Waals surface area contributed by atoms with Crippen molar-refractivity contribution in [3.8, 4) is 0 Å². The third-order valence-corrected chi connectivity index (χ3v) is 3.56. The van der Waals surface area contributed by atoms with Gasteiger partial charge in [-0.3, -0.25) is 4.68 Å². The van der Waals surface area contributed by atoms with Gasteiger partial charge in [0.15, 0.2) is 5.96 Å². The number of hydrogen-bond donors (Lipinski definition) is 2. The smallest absolute Gasteiger partial charge is 0.191 e. The minimum Gasteiger partial charge on any atom is -0.357 e. The van der Waals surface area contributed by atoms with Gasteiger partial charge in [-0.1, -0.05) is 28.1 Å². The molecule has 0 saturated heterocycles. The molecule has 0 atom stereocenters. The predicted octanol–water partition coefficient (Wildman–Crippen LogP) is 2.79. The van der Waals surface area contributed by atoms with Crippen LogP contribution in [0.2, 0.25) is 0 Å². The van der Waals surface area contributed by atoms with Crippen LogP contribution in [0.15, 0.2) is 52.2 Å². The number of nitrogens with zero attached hydrogens (tertiary/aromatic N) is 3. The molecule has 2 rings (SSSR count). The zero-order valence-electron chi connectivity index (χ0n) is 12.8. The average molecular weight is 364 g/mol. The van der Waals surface area contributed by atoms with E-state index in [2.05, 4.69) is 55.7 Å². The van der Waals surface area contributed by atoms with E-state index in [1.165, 1.54) is 5.56 Å². The summed E-state index contributed by atoms with van der Waals surface area (Å²) in [5.41, 5.74) is 1.18. The van der Waals surface area contributed by atoms with Gasteiger partial charge in [0, 0.05) is 36.5 Å². The lowest BCUT2D eigenvalue weighted by atomic mass is 10.2. The topological polar surface area (TPSA) is 54.2 Å². The molecule has 0 fully saturated rings. The molecule has 0 unspecified atom stereocenters. The molecule has 1 aromatic heterocycles. The van der Waals surface area contributed by atoms with Gasteiger partial charge in [-0.05, 0) is 37.1 Å². The summed E-state index contributed by atoms with van der Waals surface area (Å²) < 4.78 is 3.02. The highest BCUT2D eigenvalue weighted by atomic mass is 79.9. The first-order valence-corrected chi connectivity index (χ1v) is 8.31. The van der Waals surface area contributed by atoms with E-state index in [4.69, 9.17) is 0 Å². The van der Waals surface area contributed by atoms with Gasteiger partial charge in [-0.15, -0.1) is 0 Å². The number of halogens is 1. The molecule has 6 heteroatoms. The van der Waals surface area contributed by atoms with Gasteiger partial charge in [-0.25, -0.2) is 4.99 Å². The van der Waals surface area contributed by atoms with Gasteiger partial charge in [-0.2, -0.15) is 5.10 Å². The summed E-state index contributed by atoms with van der Waals surface area (Å²) in [7, 11) is 0. The van der Waals surface area contributed by atoms with E-state index in [-0.39, 0.29) is 0 Å². The first-order chi connectivity index (χ1) is 10.8. The zero-order chi connectivity index (χ0) is 15.6. The van der Waals surface area contributed by atoms with Gasteiger partial charge >= 0.3 is 0 Å². The number of hydrogen-bond acceptors (Lipinski definition) is 2. The molecule has 2 N–H and O–H groups in total. The SMILES string of the molecule is CCNC(=NCc1cccc(Br)c1)NCCCn1cccn1. The van der Waals surface area contributed by atoms with Crippen molar-refractivity contribution in [1.29, 1.82) is 0 Å². The lowest BCUT2D eigenvalue weighted by molar-refractivity contribution is 0.570. The number of nitrogens with one attached hydrogen (secondary N) is 2. The fourth-order valence-electron chi connectivity index (χ4n) is 2.03. The highest BCUT2D eigenvalue weighted by Crippen LogP contribution is 2.12. The lowest BCUT2D eigenvalue weighted by Crippen LogP contribution is -2.38. The second-order valence-electron chi connectivity index (χ2n) is 4.87. The monoisotopic (exact) mass is 363 g/mol. The number of aliphatic imine (C=N–C) groups is 1. The number of aryl methyl sites for hydroxylation is 1. The van der Waals surface area contributed by atoms with E-state index in [1.54, 1.807) is 6.20 Å². The molecule has 0 bridgehead atoms. The minimum absolute atomic E-state index is 0.661. The van der Waals surface area contributed by atoms with Gasteiger partial charge in [0.25, 0.3) is 0 Å². The van der Waals surface area contributed by atoms with E-state index in [9.17, 15) is 0 Å². The molecule has 5 nitrogen and oxygen atoms in total. The number of aromatic nitrogens is 2. The summed E-state index contributed by atoms with van der Waals surface area (Å²) in [6.07, 6.45) is 4.78. The summed E-state index contributed by atoms with van der Waals surface area (Å²) in [6, 6.07) is 10.2. The summed E-state index contributed by atoms with van der Waals surface area (Å²) in [5, 5.41) is 10.8. The van der Waals surface area contributed by atoms with Crippen LogP contribution in [0.4, 0.5) is 0 Å². The molecule has 118 valence electrons. The molecule has 1 heterocycles. The predicted molar refractivity (Wildman–Crippen MR) is 93.8 cm³/mol. The highest BCUT2D eigenvalue weighted by molar-refractivity contribution is 9.10. The second-order valence-corrected chi connectivity index (χ2v) is 5.79.